The maximum atomic E-state index is 4.36. The Morgan fingerprint density at radius 2 is 2.27 bits per heavy atom. The van der Waals surface area contributed by atoms with Crippen molar-refractivity contribution in [3.8, 4) is 0 Å². The minimum Gasteiger partial charge on any atom is -0.270 e. The first-order valence-corrected chi connectivity index (χ1v) is 5.33. The summed E-state index contributed by atoms with van der Waals surface area (Å²) in [5, 5.41) is 4.36. The van der Waals surface area contributed by atoms with E-state index in [1.807, 2.05) is 6.92 Å². The van der Waals surface area contributed by atoms with Crippen molar-refractivity contribution in [1.82, 2.24) is 9.78 Å². The molecule has 0 N–H and O–H groups in total. The van der Waals surface area contributed by atoms with Crippen LogP contribution in [0.25, 0.3) is 0 Å². The fourth-order valence-corrected chi connectivity index (χ4v) is 1.45. The van der Waals surface area contributed by atoms with Gasteiger partial charge in [0, 0.05) is 16.7 Å². The van der Waals surface area contributed by atoms with Crippen molar-refractivity contribution < 1.29 is 0 Å². The molecule has 3 heteroatoms. The Kier molecular flexibility index (Phi) is 3.36. The van der Waals surface area contributed by atoms with Crippen LogP contribution in [-0.4, -0.2) is 14.2 Å². The Bertz CT molecular complexity index is 230. The van der Waals surface area contributed by atoms with E-state index in [4.69, 9.17) is 0 Å². The monoisotopic (exact) mass is 264 g/mol. The highest BCUT2D eigenvalue weighted by atomic mass is 127. The fourth-order valence-electron chi connectivity index (χ4n) is 1.11. The Morgan fingerprint density at radius 1 is 1.55 bits per heavy atom. The lowest BCUT2D eigenvalue weighted by Crippen LogP contribution is -2.02. The summed E-state index contributed by atoms with van der Waals surface area (Å²) < 4.78 is 3.28. The Labute approximate surface area is 81.1 Å². The van der Waals surface area contributed by atoms with Crippen LogP contribution in [0.2, 0.25) is 0 Å². The van der Waals surface area contributed by atoms with Crippen LogP contribution in [0.1, 0.15) is 17.8 Å². The third-order valence-corrected chi connectivity index (χ3v) is 2.37. The molecule has 1 heterocycles. The second kappa shape index (κ2) is 4.09. The topological polar surface area (TPSA) is 17.8 Å². The van der Waals surface area contributed by atoms with E-state index in [2.05, 4.69) is 45.4 Å². The van der Waals surface area contributed by atoms with Crippen LogP contribution < -0.4 is 0 Å². The van der Waals surface area contributed by atoms with Gasteiger partial charge in [-0.2, -0.15) is 5.10 Å². The number of aromatic nitrogens is 2. The molecule has 0 aromatic carbocycles. The molecule has 0 aliphatic carbocycles. The molecular formula is C8H13IN2. The van der Waals surface area contributed by atoms with Crippen molar-refractivity contribution in [3.05, 3.63) is 17.5 Å². The van der Waals surface area contributed by atoms with Crippen LogP contribution in [0.3, 0.4) is 0 Å². The standard InChI is InChI=1S/C8H13IN2/c1-7-6-8(2)11(10-7)5-3-4-9/h6H,3-5H2,1-2H3. The van der Waals surface area contributed by atoms with Crippen LogP contribution in [0.4, 0.5) is 0 Å². The highest BCUT2D eigenvalue weighted by Crippen LogP contribution is 2.03. The molecule has 0 unspecified atom stereocenters. The highest BCUT2D eigenvalue weighted by molar-refractivity contribution is 14.1. The zero-order valence-electron chi connectivity index (χ0n) is 6.97. The SMILES string of the molecule is Cc1cc(C)n(CCCI)n1. The van der Waals surface area contributed by atoms with Gasteiger partial charge in [-0.25, -0.2) is 0 Å². The molecule has 1 aromatic heterocycles. The molecule has 0 aliphatic heterocycles. The maximum Gasteiger partial charge on any atom is 0.0596 e. The van der Waals surface area contributed by atoms with Gasteiger partial charge in [0.1, 0.15) is 0 Å². The van der Waals surface area contributed by atoms with E-state index in [1.54, 1.807) is 0 Å². The van der Waals surface area contributed by atoms with Gasteiger partial charge in [-0.05, 0) is 26.3 Å². The maximum absolute atomic E-state index is 4.36. The predicted octanol–water partition coefficient (Wildman–Crippen LogP) is 2.33. The molecule has 0 atom stereocenters. The second-order valence-electron chi connectivity index (χ2n) is 2.69. The Balaban J connectivity index is 2.62. The van der Waals surface area contributed by atoms with Gasteiger partial charge in [-0.15, -0.1) is 0 Å². The summed E-state index contributed by atoms with van der Waals surface area (Å²) in [6.45, 7) is 5.20. The first kappa shape index (κ1) is 9.03. The zero-order valence-corrected chi connectivity index (χ0v) is 9.13. The number of nitrogens with zero attached hydrogens (tertiary/aromatic N) is 2. The van der Waals surface area contributed by atoms with Gasteiger partial charge >= 0.3 is 0 Å². The van der Waals surface area contributed by atoms with Gasteiger partial charge < -0.3 is 0 Å². The average molecular weight is 264 g/mol. The summed E-state index contributed by atoms with van der Waals surface area (Å²) in [4.78, 5) is 0. The molecule has 0 amide bonds. The first-order chi connectivity index (χ1) is 5.24. The molecule has 0 aliphatic rings. The number of aryl methyl sites for hydroxylation is 3. The summed E-state index contributed by atoms with van der Waals surface area (Å²) in [5.41, 5.74) is 2.39. The molecule has 0 bridgehead atoms. The third kappa shape index (κ3) is 2.47. The molecular weight excluding hydrogens is 251 g/mol. The number of hydrogen-bond donors (Lipinski definition) is 0. The lowest BCUT2D eigenvalue weighted by Gasteiger charge is -2.00. The third-order valence-electron chi connectivity index (χ3n) is 1.61. The van der Waals surface area contributed by atoms with Gasteiger partial charge in [0.25, 0.3) is 0 Å². The first-order valence-electron chi connectivity index (χ1n) is 3.81. The van der Waals surface area contributed by atoms with E-state index in [0.717, 1.165) is 12.2 Å². The van der Waals surface area contributed by atoms with Crippen LogP contribution in [0.5, 0.6) is 0 Å². The number of rotatable bonds is 3. The van der Waals surface area contributed by atoms with Gasteiger partial charge in [0.05, 0.1) is 5.69 Å². The largest absolute Gasteiger partial charge is 0.270 e. The summed E-state index contributed by atoms with van der Waals surface area (Å²) in [6, 6.07) is 2.12. The van der Waals surface area contributed by atoms with Crippen molar-refractivity contribution in [2.75, 3.05) is 4.43 Å². The Morgan fingerprint density at radius 3 is 2.73 bits per heavy atom. The molecule has 0 fully saturated rings. The molecule has 11 heavy (non-hydrogen) atoms. The molecule has 62 valence electrons. The van der Waals surface area contributed by atoms with E-state index in [1.165, 1.54) is 16.5 Å². The van der Waals surface area contributed by atoms with Gasteiger partial charge in [0.15, 0.2) is 0 Å². The van der Waals surface area contributed by atoms with E-state index in [0.29, 0.717) is 0 Å². The van der Waals surface area contributed by atoms with Crippen molar-refractivity contribution in [2.24, 2.45) is 0 Å². The summed E-state index contributed by atoms with van der Waals surface area (Å²) >= 11 is 2.39. The average Bonchev–Trinajstić information content (AvgIpc) is 2.26. The summed E-state index contributed by atoms with van der Waals surface area (Å²) in [5.74, 6) is 0. The fraction of sp³-hybridized carbons (Fsp3) is 0.625. The lowest BCUT2D eigenvalue weighted by atomic mass is 10.4. The van der Waals surface area contributed by atoms with E-state index >= 15 is 0 Å². The predicted molar refractivity (Wildman–Crippen MR) is 55.2 cm³/mol. The molecule has 0 spiro atoms. The second-order valence-corrected chi connectivity index (χ2v) is 3.77. The number of halogens is 1. The van der Waals surface area contributed by atoms with Crippen LogP contribution in [0.15, 0.2) is 6.07 Å². The van der Waals surface area contributed by atoms with Gasteiger partial charge in [-0.1, -0.05) is 22.6 Å². The van der Waals surface area contributed by atoms with E-state index < -0.39 is 0 Å². The van der Waals surface area contributed by atoms with Crippen LogP contribution >= 0.6 is 22.6 Å². The Hall–Kier alpha value is -0.0600. The minimum atomic E-state index is 1.06. The summed E-state index contributed by atoms with van der Waals surface area (Å²) in [7, 11) is 0. The van der Waals surface area contributed by atoms with Crippen LogP contribution in [0, 0.1) is 13.8 Å². The van der Waals surface area contributed by atoms with Gasteiger partial charge in [-0.3, -0.25) is 4.68 Å². The number of alkyl halides is 1. The molecule has 1 rings (SSSR count). The minimum absolute atomic E-state index is 1.06. The quantitative estimate of drug-likeness (QED) is 0.605. The van der Waals surface area contributed by atoms with Crippen molar-refractivity contribution in [2.45, 2.75) is 26.8 Å². The van der Waals surface area contributed by atoms with E-state index in [9.17, 15) is 0 Å². The molecule has 1 aromatic rings. The molecule has 0 radical (unpaired) electrons. The molecule has 0 saturated heterocycles. The van der Waals surface area contributed by atoms with Crippen LogP contribution in [-0.2, 0) is 6.54 Å². The molecule has 2 nitrogen and oxygen atoms in total. The summed E-state index contributed by atoms with van der Waals surface area (Å²) in [6.07, 6.45) is 1.21. The van der Waals surface area contributed by atoms with Crippen molar-refractivity contribution in [1.29, 1.82) is 0 Å². The smallest absolute Gasteiger partial charge is 0.0596 e. The number of hydrogen-bond acceptors (Lipinski definition) is 1. The highest BCUT2D eigenvalue weighted by Gasteiger charge is 1.98. The zero-order chi connectivity index (χ0) is 8.27. The van der Waals surface area contributed by atoms with Gasteiger partial charge in [0.2, 0.25) is 0 Å². The normalized spacial score (nSPS) is 10.5. The van der Waals surface area contributed by atoms with E-state index in [-0.39, 0.29) is 0 Å². The van der Waals surface area contributed by atoms with Crippen molar-refractivity contribution >= 4 is 22.6 Å². The lowest BCUT2D eigenvalue weighted by molar-refractivity contribution is 0.589. The van der Waals surface area contributed by atoms with Crippen molar-refractivity contribution in [3.63, 3.8) is 0 Å². The molecule has 0 saturated carbocycles.